The monoisotopic (exact) mass is 217 g/mol. The van der Waals surface area contributed by atoms with Gasteiger partial charge in [0.1, 0.15) is 0 Å². The normalized spacial score (nSPS) is 18.2. The highest BCUT2D eigenvalue weighted by molar-refractivity contribution is 7.17. The third-order valence-corrected chi connectivity index (χ3v) is 4.26. The molecule has 78 valence electrons. The molecule has 1 aliphatic rings. The van der Waals surface area contributed by atoms with Gasteiger partial charge < -0.3 is 5.73 Å². The van der Waals surface area contributed by atoms with E-state index in [9.17, 15) is 0 Å². The van der Waals surface area contributed by atoms with Gasteiger partial charge in [0.25, 0.3) is 0 Å². The van der Waals surface area contributed by atoms with Gasteiger partial charge in [-0.1, -0.05) is 18.2 Å². The van der Waals surface area contributed by atoms with Crippen LogP contribution in [-0.2, 0) is 6.42 Å². The highest BCUT2D eigenvalue weighted by atomic mass is 32.1. The lowest BCUT2D eigenvalue weighted by atomic mass is 10.0. The zero-order valence-electron chi connectivity index (χ0n) is 8.65. The molecule has 1 aliphatic carbocycles. The van der Waals surface area contributed by atoms with E-state index in [2.05, 4.69) is 29.6 Å². The molecule has 15 heavy (non-hydrogen) atoms. The zero-order chi connectivity index (χ0) is 10.3. The van der Waals surface area contributed by atoms with Crippen LogP contribution in [0.25, 0.3) is 10.1 Å². The zero-order valence-corrected chi connectivity index (χ0v) is 9.46. The third kappa shape index (κ3) is 1.80. The maximum atomic E-state index is 6.17. The van der Waals surface area contributed by atoms with E-state index in [1.807, 2.05) is 11.3 Å². The largest absolute Gasteiger partial charge is 0.327 e. The second kappa shape index (κ2) is 3.62. The summed E-state index contributed by atoms with van der Waals surface area (Å²) in [5, 5.41) is 3.67. The minimum absolute atomic E-state index is 0.378. The molecule has 1 fully saturated rings. The fourth-order valence-electron chi connectivity index (χ4n) is 2.14. The van der Waals surface area contributed by atoms with Crippen LogP contribution in [-0.4, -0.2) is 6.04 Å². The van der Waals surface area contributed by atoms with Crippen molar-refractivity contribution in [3.05, 3.63) is 35.2 Å². The lowest BCUT2D eigenvalue weighted by Gasteiger charge is -2.08. The van der Waals surface area contributed by atoms with E-state index in [0.29, 0.717) is 6.04 Å². The molecule has 2 heteroatoms. The van der Waals surface area contributed by atoms with Gasteiger partial charge in [0.2, 0.25) is 0 Å². The van der Waals surface area contributed by atoms with Crippen LogP contribution in [0.3, 0.4) is 0 Å². The van der Waals surface area contributed by atoms with Crippen LogP contribution in [0.15, 0.2) is 29.6 Å². The molecule has 1 nitrogen and oxygen atoms in total. The first-order valence-corrected chi connectivity index (χ1v) is 6.43. The topological polar surface area (TPSA) is 26.0 Å². The van der Waals surface area contributed by atoms with Gasteiger partial charge in [0.05, 0.1) is 0 Å². The predicted octanol–water partition coefficient (Wildman–Crippen LogP) is 3.18. The summed E-state index contributed by atoms with van der Waals surface area (Å²) in [5.41, 5.74) is 7.61. The lowest BCUT2D eigenvalue weighted by molar-refractivity contribution is 0.594. The fourth-order valence-corrected chi connectivity index (χ4v) is 3.11. The van der Waals surface area contributed by atoms with Gasteiger partial charge in [0.15, 0.2) is 0 Å². The molecule has 1 atom stereocenters. The van der Waals surface area contributed by atoms with Crippen molar-refractivity contribution >= 4 is 21.4 Å². The van der Waals surface area contributed by atoms with Crippen LogP contribution in [0.4, 0.5) is 0 Å². The molecule has 1 aromatic carbocycles. The maximum Gasteiger partial charge on any atom is 0.0345 e. The second-order valence-electron chi connectivity index (χ2n) is 4.46. The Morgan fingerprint density at radius 1 is 1.33 bits per heavy atom. The summed E-state index contributed by atoms with van der Waals surface area (Å²) in [6.07, 6.45) is 3.72. The van der Waals surface area contributed by atoms with Crippen molar-refractivity contribution < 1.29 is 0 Å². The minimum Gasteiger partial charge on any atom is -0.327 e. The van der Waals surface area contributed by atoms with Crippen LogP contribution in [0.1, 0.15) is 18.4 Å². The second-order valence-corrected chi connectivity index (χ2v) is 5.37. The van der Waals surface area contributed by atoms with Gasteiger partial charge in [-0.25, -0.2) is 0 Å². The molecule has 0 spiro atoms. The number of fused-ring (bicyclic) bond motifs is 1. The Labute approximate surface area is 93.9 Å². The smallest absolute Gasteiger partial charge is 0.0345 e. The average Bonchev–Trinajstić information content (AvgIpc) is 3.03. The number of nitrogens with two attached hydrogens (primary N) is 1. The molecule has 0 bridgehead atoms. The Kier molecular flexibility index (Phi) is 2.26. The van der Waals surface area contributed by atoms with E-state index >= 15 is 0 Å². The lowest BCUT2D eigenvalue weighted by Crippen LogP contribution is -2.24. The Morgan fingerprint density at radius 2 is 2.13 bits per heavy atom. The van der Waals surface area contributed by atoms with Crippen LogP contribution in [0.2, 0.25) is 0 Å². The van der Waals surface area contributed by atoms with E-state index in [4.69, 9.17) is 5.73 Å². The molecule has 1 saturated carbocycles. The molecule has 1 aromatic heterocycles. The summed E-state index contributed by atoms with van der Waals surface area (Å²) in [4.78, 5) is 0. The standard InChI is InChI=1S/C13H15NS/c14-12(9-5-6-9)7-10-8-15-13-4-2-1-3-11(10)13/h1-4,8-9,12H,5-7,14H2. The number of hydrogen-bond donors (Lipinski definition) is 1. The summed E-state index contributed by atoms with van der Waals surface area (Å²) in [6, 6.07) is 8.99. The van der Waals surface area contributed by atoms with Gasteiger partial charge in [-0.05, 0) is 47.6 Å². The summed E-state index contributed by atoms with van der Waals surface area (Å²) in [7, 11) is 0. The van der Waals surface area contributed by atoms with Crippen molar-refractivity contribution in [2.45, 2.75) is 25.3 Å². The molecule has 3 rings (SSSR count). The molecule has 2 aromatic rings. The number of hydrogen-bond acceptors (Lipinski definition) is 2. The van der Waals surface area contributed by atoms with Crippen LogP contribution < -0.4 is 5.73 Å². The summed E-state index contributed by atoms with van der Waals surface area (Å²) >= 11 is 1.83. The Bertz CT molecular complexity index is 470. The quantitative estimate of drug-likeness (QED) is 0.839. The van der Waals surface area contributed by atoms with E-state index in [1.165, 1.54) is 28.5 Å². The molecular formula is C13H15NS. The highest BCUT2D eigenvalue weighted by Crippen LogP contribution is 2.34. The fraction of sp³-hybridized carbons (Fsp3) is 0.385. The van der Waals surface area contributed by atoms with Gasteiger partial charge in [-0.2, -0.15) is 0 Å². The van der Waals surface area contributed by atoms with Gasteiger partial charge >= 0.3 is 0 Å². The molecular weight excluding hydrogens is 202 g/mol. The number of rotatable bonds is 3. The van der Waals surface area contributed by atoms with E-state index in [1.54, 1.807) is 0 Å². The molecule has 0 radical (unpaired) electrons. The van der Waals surface area contributed by atoms with Crippen molar-refractivity contribution in [1.82, 2.24) is 0 Å². The molecule has 1 unspecified atom stereocenters. The van der Waals surface area contributed by atoms with Crippen molar-refractivity contribution in [3.63, 3.8) is 0 Å². The first kappa shape index (κ1) is 9.37. The van der Waals surface area contributed by atoms with Crippen LogP contribution in [0, 0.1) is 5.92 Å². The van der Waals surface area contributed by atoms with E-state index < -0.39 is 0 Å². The first-order valence-electron chi connectivity index (χ1n) is 5.55. The highest BCUT2D eigenvalue weighted by Gasteiger charge is 2.28. The molecule has 0 amide bonds. The molecule has 0 saturated heterocycles. The SMILES string of the molecule is NC(Cc1csc2ccccc12)C1CC1. The van der Waals surface area contributed by atoms with E-state index in [-0.39, 0.29) is 0 Å². The molecule has 0 aliphatic heterocycles. The predicted molar refractivity (Wildman–Crippen MR) is 66.2 cm³/mol. The van der Waals surface area contributed by atoms with Crippen LogP contribution in [0.5, 0.6) is 0 Å². The molecule has 1 heterocycles. The van der Waals surface area contributed by atoms with Gasteiger partial charge in [-0.3, -0.25) is 0 Å². The Hall–Kier alpha value is -0.860. The average molecular weight is 217 g/mol. The Morgan fingerprint density at radius 3 is 2.93 bits per heavy atom. The van der Waals surface area contributed by atoms with Crippen molar-refractivity contribution in [2.75, 3.05) is 0 Å². The molecule has 2 N–H and O–H groups in total. The van der Waals surface area contributed by atoms with Gasteiger partial charge in [-0.15, -0.1) is 11.3 Å². The van der Waals surface area contributed by atoms with Crippen molar-refractivity contribution in [2.24, 2.45) is 11.7 Å². The maximum absolute atomic E-state index is 6.17. The Balaban J connectivity index is 1.90. The van der Waals surface area contributed by atoms with E-state index in [0.717, 1.165) is 12.3 Å². The minimum atomic E-state index is 0.378. The third-order valence-electron chi connectivity index (χ3n) is 3.24. The summed E-state index contributed by atoms with van der Waals surface area (Å²) in [5.74, 6) is 0.795. The van der Waals surface area contributed by atoms with Gasteiger partial charge in [0, 0.05) is 10.7 Å². The first-order chi connectivity index (χ1) is 7.34. The summed E-state index contributed by atoms with van der Waals surface area (Å²) < 4.78 is 1.38. The van der Waals surface area contributed by atoms with Crippen molar-refractivity contribution in [1.29, 1.82) is 0 Å². The summed E-state index contributed by atoms with van der Waals surface area (Å²) in [6.45, 7) is 0. The van der Waals surface area contributed by atoms with Crippen molar-refractivity contribution in [3.8, 4) is 0 Å². The number of thiophene rings is 1. The number of benzene rings is 1. The van der Waals surface area contributed by atoms with Crippen LogP contribution >= 0.6 is 11.3 Å².